The van der Waals surface area contributed by atoms with Gasteiger partial charge in [0, 0.05) is 38.5 Å². The maximum atomic E-state index is 10.9. The zero-order chi connectivity index (χ0) is 15.7. The van der Waals surface area contributed by atoms with Crippen molar-refractivity contribution in [2.45, 2.75) is 13.5 Å². The predicted molar refractivity (Wildman–Crippen MR) is 78.4 cm³/mol. The molecule has 21 heavy (non-hydrogen) atoms. The minimum absolute atomic E-state index is 0.0680. The first kappa shape index (κ1) is 12.7. The molecule has 1 aromatic carbocycles. The van der Waals surface area contributed by atoms with E-state index in [1.807, 2.05) is 11.8 Å². The average Bonchev–Trinajstić information content (AvgIpc) is 2.82. The number of rotatable bonds is 4. The zero-order valence-electron chi connectivity index (χ0n) is 12.9. The largest absolute Gasteiger partial charge is 0.379 e. The first-order valence-corrected chi connectivity index (χ1v) is 6.92. The number of ether oxygens (including phenoxy) is 1. The van der Waals surface area contributed by atoms with Gasteiger partial charge in [-0.3, -0.25) is 19.7 Å². The number of fused-ring (bicyclic) bond motifs is 1. The van der Waals surface area contributed by atoms with Crippen LogP contribution < -0.4 is 0 Å². The summed E-state index contributed by atoms with van der Waals surface area (Å²) in [6.07, 6.45) is 0. The second kappa shape index (κ2) is 5.79. The third kappa shape index (κ3) is 2.88. The van der Waals surface area contributed by atoms with Gasteiger partial charge in [-0.15, -0.1) is 0 Å². The normalized spacial score (nSPS) is 20.6. The molecular weight excluding hydrogens is 272 g/mol. The van der Waals surface area contributed by atoms with E-state index in [2.05, 4.69) is 5.10 Å². The van der Waals surface area contributed by atoms with Crippen molar-refractivity contribution in [3.05, 3.63) is 34.0 Å². The van der Waals surface area contributed by atoms with E-state index in [4.69, 9.17) is 6.11 Å². The van der Waals surface area contributed by atoms with Crippen molar-refractivity contribution in [1.29, 1.82) is 0 Å². The van der Waals surface area contributed by atoms with Crippen LogP contribution in [0, 0.1) is 17.0 Å². The monoisotopic (exact) mass is 291 g/mol. The van der Waals surface area contributed by atoms with E-state index in [1.165, 1.54) is 6.07 Å². The molecular formula is C14H18N4O3. The molecule has 1 aliphatic rings. The highest BCUT2D eigenvalue weighted by molar-refractivity contribution is 5.83. The molecule has 1 saturated heterocycles. The van der Waals surface area contributed by atoms with E-state index in [1.54, 1.807) is 16.8 Å². The highest BCUT2D eigenvalue weighted by Crippen LogP contribution is 2.23. The Morgan fingerprint density at radius 2 is 2.33 bits per heavy atom. The molecule has 112 valence electrons. The number of non-ortho nitro benzene ring substituents is 1. The smallest absolute Gasteiger partial charge is 0.271 e. The Balaban J connectivity index is 1.83. The van der Waals surface area contributed by atoms with Gasteiger partial charge in [0.25, 0.3) is 5.69 Å². The molecule has 7 nitrogen and oxygen atoms in total. The second-order valence-corrected chi connectivity index (χ2v) is 5.06. The summed E-state index contributed by atoms with van der Waals surface area (Å²) in [4.78, 5) is 12.6. The van der Waals surface area contributed by atoms with Crippen LogP contribution in [0.2, 0.25) is 0 Å². The first-order valence-electron chi connectivity index (χ1n) is 7.49. The second-order valence-electron chi connectivity index (χ2n) is 5.06. The summed E-state index contributed by atoms with van der Waals surface area (Å²) in [6, 6.07) is 4.81. The fourth-order valence-electron chi connectivity index (χ4n) is 2.55. The van der Waals surface area contributed by atoms with Gasteiger partial charge in [-0.1, -0.05) is 0 Å². The molecule has 0 saturated carbocycles. The molecule has 1 unspecified atom stereocenters. The van der Waals surface area contributed by atoms with Gasteiger partial charge < -0.3 is 4.74 Å². The quantitative estimate of drug-likeness (QED) is 0.631. The fraction of sp³-hybridized carbons (Fsp3) is 0.500. The van der Waals surface area contributed by atoms with Crippen LogP contribution in [-0.2, 0) is 11.3 Å². The van der Waals surface area contributed by atoms with Crippen molar-refractivity contribution >= 4 is 16.6 Å². The fourth-order valence-corrected chi connectivity index (χ4v) is 2.55. The van der Waals surface area contributed by atoms with E-state index < -0.39 is 4.92 Å². The Labute approximate surface area is 123 Å². The number of morpholine rings is 1. The van der Waals surface area contributed by atoms with Crippen molar-refractivity contribution in [2.75, 3.05) is 32.8 Å². The van der Waals surface area contributed by atoms with Gasteiger partial charge in [-0.25, -0.2) is 0 Å². The van der Waals surface area contributed by atoms with Crippen molar-refractivity contribution in [3.63, 3.8) is 0 Å². The van der Waals surface area contributed by atoms with Crippen LogP contribution in [0.25, 0.3) is 10.9 Å². The van der Waals surface area contributed by atoms with E-state index in [-0.39, 0.29) is 12.2 Å². The molecule has 0 radical (unpaired) electrons. The lowest BCUT2D eigenvalue weighted by Gasteiger charge is -2.26. The van der Waals surface area contributed by atoms with Crippen LogP contribution in [0.4, 0.5) is 5.69 Å². The molecule has 1 aromatic heterocycles. The molecule has 0 N–H and O–H groups in total. The lowest BCUT2D eigenvalue weighted by atomic mass is 10.2. The summed E-state index contributed by atoms with van der Waals surface area (Å²) in [6.45, 7) is 4.60. The molecule has 1 aliphatic heterocycles. The summed E-state index contributed by atoms with van der Waals surface area (Å²) in [7, 11) is 0. The topological polar surface area (TPSA) is 73.4 Å². The van der Waals surface area contributed by atoms with Crippen LogP contribution in [0.3, 0.4) is 0 Å². The van der Waals surface area contributed by atoms with Gasteiger partial charge in [-0.05, 0) is 13.0 Å². The number of nitrogens with zero attached hydrogens (tertiary/aromatic N) is 4. The van der Waals surface area contributed by atoms with Crippen LogP contribution in [0.5, 0.6) is 0 Å². The molecule has 2 heterocycles. The van der Waals surface area contributed by atoms with Crippen molar-refractivity contribution < 1.29 is 11.0 Å². The number of nitro benzene ring substituents is 1. The number of benzene rings is 1. The summed E-state index contributed by atoms with van der Waals surface area (Å²) < 4.78 is 15.0. The van der Waals surface area contributed by atoms with Gasteiger partial charge >= 0.3 is 0 Å². The number of aromatic nitrogens is 2. The van der Waals surface area contributed by atoms with E-state index >= 15 is 0 Å². The zero-order valence-corrected chi connectivity index (χ0v) is 11.9. The molecule has 1 atom stereocenters. The van der Waals surface area contributed by atoms with E-state index in [0.29, 0.717) is 26.3 Å². The third-order valence-electron chi connectivity index (χ3n) is 3.70. The lowest BCUT2D eigenvalue weighted by molar-refractivity contribution is -0.384. The number of aryl methyl sites for hydroxylation is 1. The Kier molecular flexibility index (Phi) is 3.51. The van der Waals surface area contributed by atoms with Crippen LogP contribution in [0.15, 0.2) is 18.2 Å². The molecule has 7 heteroatoms. The molecule has 0 amide bonds. The standard InChI is InChI=1S/C14H18N4O3/c1-11-13-3-2-12(18(19)20)10-14(13)17(15-11)5-4-16-6-8-21-9-7-16/h2-3,10H,4-9H2,1H3/i6D. The van der Waals surface area contributed by atoms with Gasteiger partial charge in [0.05, 0.1) is 35.9 Å². The van der Waals surface area contributed by atoms with Crippen LogP contribution >= 0.6 is 0 Å². The minimum atomic E-state index is -0.395. The van der Waals surface area contributed by atoms with Crippen LogP contribution in [0.1, 0.15) is 7.06 Å². The Bertz CT molecular complexity index is 703. The molecule has 0 aliphatic carbocycles. The number of hydrogen-bond donors (Lipinski definition) is 0. The van der Waals surface area contributed by atoms with Gasteiger partial charge in [0.15, 0.2) is 0 Å². The Morgan fingerprint density at radius 3 is 3.10 bits per heavy atom. The highest BCUT2D eigenvalue weighted by Gasteiger charge is 2.15. The van der Waals surface area contributed by atoms with E-state index in [0.717, 1.165) is 23.1 Å². The van der Waals surface area contributed by atoms with Crippen molar-refractivity contribution in [2.24, 2.45) is 0 Å². The summed E-state index contributed by atoms with van der Waals surface area (Å²) in [5.41, 5.74) is 1.69. The number of nitro groups is 1. The van der Waals surface area contributed by atoms with Gasteiger partial charge in [-0.2, -0.15) is 5.10 Å². The molecule has 1 fully saturated rings. The summed E-state index contributed by atoms with van der Waals surface area (Å²) in [5.74, 6) is 0. The predicted octanol–water partition coefficient (Wildman–Crippen LogP) is 1.59. The maximum absolute atomic E-state index is 10.9. The number of hydrogen-bond acceptors (Lipinski definition) is 5. The van der Waals surface area contributed by atoms with Gasteiger partial charge in [0.1, 0.15) is 0 Å². The molecule has 0 spiro atoms. The highest BCUT2D eigenvalue weighted by atomic mass is 16.6. The SMILES string of the molecule is [2H]C1COCCN1CCn1nc(C)c2ccc([N+](=O)[O-])cc21. The van der Waals surface area contributed by atoms with Crippen LogP contribution in [-0.4, -0.2) is 52.4 Å². The minimum Gasteiger partial charge on any atom is -0.379 e. The average molecular weight is 291 g/mol. The molecule has 0 bridgehead atoms. The first-order chi connectivity index (χ1) is 10.6. The summed E-state index contributed by atoms with van der Waals surface area (Å²) in [5, 5.41) is 16.3. The van der Waals surface area contributed by atoms with Crippen molar-refractivity contribution in [3.8, 4) is 0 Å². The maximum Gasteiger partial charge on any atom is 0.271 e. The molecule has 2 aromatic rings. The van der Waals surface area contributed by atoms with Crippen molar-refractivity contribution in [1.82, 2.24) is 14.7 Å². The summed E-state index contributed by atoms with van der Waals surface area (Å²) >= 11 is 0. The molecule has 3 rings (SSSR count). The third-order valence-corrected chi connectivity index (χ3v) is 3.70. The van der Waals surface area contributed by atoms with E-state index in [9.17, 15) is 10.1 Å². The Hall–Kier alpha value is -1.99. The lowest BCUT2D eigenvalue weighted by Crippen LogP contribution is -2.38. The van der Waals surface area contributed by atoms with Gasteiger partial charge in [0.2, 0.25) is 0 Å². The Morgan fingerprint density at radius 1 is 1.48 bits per heavy atom.